The summed E-state index contributed by atoms with van der Waals surface area (Å²) in [6.45, 7) is 1.97. The molecule has 5 aromatic carbocycles. The first-order valence-electron chi connectivity index (χ1n) is 14.0. The monoisotopic (exact) mass is 682 g/mol. The van der Waals surface area contributed by atoms with Gasteiger partial charge in [0.15, 0.2) is 17.5 Å². The Balaban J connectivity index is 1.42. The van der Waals surface area contributed by atoms with Crippen molar-refractivity contribution in [1.82, 2.24) is 0 Å². The summed E-state index contributed by atoms with van der Waals surface area (Å²) in [6, 6.07) is 9.95. The van der Waals surface area contributed by atoms with E-state index in [1.54, 1.807) is 6.07 Å². The number of alkyl halides is 2. The Morgan fingerprint density at radius 1 is 0.596 bits per heavy atom. The lowest BCUT2D eigenvalue weighted by Gasteiger charge is -2.21. The standard InChI is InChI=1S/C35H21ClF10O/c1-2-3-4-17-5-7-22(25(37)9-17)18-11-27(39)32(28(40)12-18)20-10-24(36)33(29(41)15-20)35(45,46)47-21-6-8-23(26(38)16-21)19-13-30(42)34(44)31(43)14-19/h5-16H,2-4H2,1H3. The van der Waals surface area contributed by atoms with Gasteiger partial charge in [0.25, 0.3) is 0 Å². The molecule has 1 nitrogen and oxygen atoms in total. The van der Waals surface area contributed by atoms with Gasteiger partial charge in [-0.2, -0.15) is 8.78 Å². The van der Waals surface area contributed by atoms with Crippen LogP contribution in [0, 0.1) is 46.5 Å². The molecule has 12 heteroatoms. The molecule has 5 aromatic rings. The number of halogens is 11. The number of benzene rings is 5. The van der Waals surface area contributed by atoms with Gasteiger partial charge in [-0.1, -0.05) is 37.1 Å². The second-order valence-electron chi connectivity index (χ2n) is 10.6. The number of hydrogen-bond acceptors (Lipinski definition) is 1. The SMILES string of the molecule is CCCCc1ccc(-c2cc(F)c(-c3cc(F)c(C(F)(F)Oc4ccc(-c5cc(F)c(F)c(F)c5)c(F)c4)c(Cl)c3)c(F)c2)c(F)c1. The number of ether oxygens (including phenoxy) is 1. The third kappa shape index (κ3) is 6.95. The van der Waals surface area contributed by atoms with Crippen LogP contribution in [-0.2, 0) is 12.5 Å². The lowest BCUT2D eigenvalue weighted by molar-refractivity contribution is -0.187. The number of hydrogen-bond donors (Lipinski definition) is 0. The highest BCUT2D eigenvalue weighted by Crippen LogP contribution is 2.42. The van der Waals surface area contributed by atoms with Gasteiger partial charge in [-0.3, -0.25) is 0 Å². The highest BCUT2D eigenvalue weighted by Gasteiger charge is 2.41. The van der Waals surface area contributed by atoms with Crippen LogP contribution in [0.4, 0.5) is 43.9 Å². The average Bonchev–Trinajstić information content (AvgIpc) is 2.97. The second-order valence-corrected chi connectivity index (χ2v) is 11.0. The summed E-state index contributed by atoms with van der Waals surface area (Å²) in [5.74, 6) is -12.1. The van der Waals surface area contributed by atoms with E-state index in [1.165, 1.54) is 12.1 Å². The van der Waals surface area contributed by atoms with E-state index in [9.17, 15) is 22.0 Å². The maximum absolute atomic E-state index is 15.2. The number of unbranched alkanes of at least 4 members (excludes halogenated alkanes) is 1. The molecule has 0 bridgehead atoms. The molecular weight excluding hydrogens is 662 g/mol. The van der Waals surface area contributed by atoms with E-state index >= 15 is 22.0 Å². The highest BCUT2D eigenvalue weighted by atomic mass is 35.5. The zero-order valence-corrected chi connectivity index (χ0v) is 24.9. The Bertz CT molecular complexity index is 1920. The van der Waals surface area contributed by atoms with Crippen molar-refractivity contribution < 1.29 is 48.6 Å². The Labute approximate surface area is 267 Å². The first-order valence-corrected chi connectivity index (χ1v) is 14.4. The fourth-order valence-corrected chi connectivity index (χ4v) is 5.35. The predicted octanol–water partition coefficient (Wildman–Crippen LogP) is 11.9. The van der Waals surface area contributed by atoms with E-state index in [0.29, 0.717) is 42.3 Å². The Kier molecular flexibility index (Phi) is 9.58. The van der Waals surface area contributed by atoms with Gasteiger partial charge in [-0.15, -0.1) is 0 Å². The first-order chi connectivity index (χ1) is 22.2. The molecule has 0 saturated carbocycles. The van der Waals surface area contributed by atoms with Crippen molar-refractivity contribution in [2.24, 2.45) is 0 Å². The van der Waals surface area contributed by atoms with Crippen LogP contribution in [0.5, 0.6) is 5.75 Å². The molecule has 0 N–H and O–H groups in total. The van der Waals surface area contributed by atoms with E-state index in [1.807, 2.05) is 6.92 Å². The summed E-state index contributed by atoms with van der Waals surface area (Å²) in [6.07, 6.45) is -2.24. The summed E-state index contributed by atoms with van der Waals surface area (Å²) >= 11 is 5.95. The molecule has 0 aliphatic rings. The van der Waals surface area contributed by atoms with Crippen LogP contribution < -0.4 is 4.74 Å². The van der Waals surface area contributed by atoms with Crippen molar-refractivity contribution >= 4 is 11.6 Å². The van der Waals surface area contributed by atoms with E-state index < -0.39 is 91.2 Å². The predicted molar refractivity (Wildman–Crippen MR) is 157 cm³/mol. The van der Waals surface area contributed by atoms with Gasteiger partial charge >= 0.3 is 6.11 Å². The first kappa shape index (κ1) is 33.8. The minimum Gasteiger partial charge on any atom is -0.429 e. The Morgan fingerprint density at radius 3 is 1.66 bits per heavy atom. The van der Waals surface area contributed by atoms with Crippen LogP contribution in [0.3, 0.4) is 0 Å². The lowest BCUT2D eigenvalue weighted by atomic mass is 9.96. The molecule has 0 aromatic heterocycles. The fourth-order valence-electron chi connectivity index (χ4n) is 5.03. The summed E-state index contributed by atoms with van der Waals surface area (Å²) in [4.78, 5) is 0. The Hall–Kier alpha value is -4.51. The molecular formula is C35H21ClF10O. The van der Waals surface area contributed by atoms with E-state index in [4.69, 9.17) is 11.6 Å². The molecule has 0 unspecified atom stereocenters. The molecule has 5 rings (SSSR count). The molecule has 0 aliphatic carbocycles. The molecule has 0 atom stereocenters. The zero-order valence-electron chi connectivity index (χ0n) is 24.1. The molecule has 0 radical (unpaired) electrons. The van der Waals surface area contributed by atoms with Crippen LogP contribution in [0.1, 0.15) is 30.9 Å². The third-order valence-electron chi connectivity index (χ3n) is 7.31. The van der Waals surface area contributed by atoms with Gasteiger partial charge in [-0.25, -0.2) is 35.1 Å². The van der Waals surface area contributed by atoms with Crippen molar-refractivity contribution in [3.05, 3.63) is 135 Å². The quantitative estimate of drug-likeness (QED) is 0.111. The van der Waals surface area contributed by atoms with Crippen molar-refractivity contribution in [2.75, 3.05) is 0 Å². The minimum atomic E-state index is -4.57. The molecule has 0 heterocycles. The molecule has 244 valence electrons. The van der Waals surface area contributed by atoms with Gasteiger partial charge in [0.1, 0.15) is 40.4 Å². The molecule has 0 spiro atoms. The summed E-state index contributed by atoms with van der Waals surface area (Å²) in [7, 11) is 0. The minimum absolute atomic E-state index is 0.0904. The summed E-state index contributed by atoms with van der Waals surface area (Å²) in [5.41, 5.74) is -3.40. The van der Waals surface area contributed by atoms with Crippen LogP contribution >= 0.6 is 11.6 Å². The number of rotatable bonds is 9. The fraction of sp³-hybridized carbons (Fsp3) is 0.143. The van der Waals surface area contributed by atoms with Crippen LogP contribution in [0.25, 0.3) is 33.4 Å². The van der Waals surface area contributed by atoms with Gasteiger partial charge in [0.05, 0.1) is 10.6 Å². The second kappa shape index (κ2) is 13.3. The normalized spacial score (nSPS) is 11.7. The summed E-state index contributed by atoms with van der Waals surface area (Å²) < 4.78 is 150. The topological polar surface area (TPSA) is 9.23 Å². The van der Waals surface area contributed by atoms with E-state index in [0.717, 1.165) is 37.1 Å². The summed E-state index contributed by atoms with van der Waals surface area (Å²) in [5, 5.41) is -1.00. The lowest BCUT2D eigenvalue weighted by Crippen LogP contribution is -2.24. The van der Waals surface area contributed by atoms with E-state index in [2.05, 4.69) is 4.74 Å². The van der Waals surface area contributed by atoms with Crippen LogP contribution in [-0.4, -0.2) is 0 Å². The Morgan fingerprint density at radius 2 is 1.13 bits per heavy atom. The van der Waals surface area contributed by atoms with Gasteiger partial charge in [-0.05, 0) is 89.7 Å². The smallest absolute Gasteiger partial charge is 0.429 e. The molecule has 47 heavy (non-hydrogen) atoms. The molecule has 0 fully saturated rings. The van der Waals surface area contributed by atoms with Crippen molar-refractivity contribution in [1.29, 1.82) is 0 Å². The molecule has 0 amide bonds. The maximum atomic E-state index is 15.2. The van der Waals surface area contributed by atoms with Gasteiger partial charge in [0, 0.05) is 17.2 Å². The largest absolute Gasteiger partial charge is 0.431 e. The number of aryl methyl sites for hydroxylation is 1. The maximum Gasteiger partial charge on any atom is 0.431 e. The third-order valence-corrected chi connectivity index (χ3v) is 7.61. The zero-order chi connectivity index (χ0) is 34.2. The van der Waals surface area contributed by atoms with Crippen LogP contribution in [0.2, 0.25) is 5.02 Å². The van der Waals surface area contributed by atoms with E-state index in [-0.39, 0.29) is 11.1 Å². The van der Waals surface area contributed by atoms with Gasteiger partial charge in [0.2, 0.25) is 0 Å². The van der Waals surface area contributed by atoms with Crippen molar-refractivity contribution in [2.45, 2.75) is 32.3 Å². The molecule has 0 saturated heterocycles. The average molecular weight is 683 g/mol. The van der Waals surface area contributed by atoms with Crippen molar-refractivity contribution in [3.63, 3.8) is 0 Å². The van der Waals surface area contributed by atoms with Crippen molar-refractivity contribution in [3.8, 4) is 39.1 Å². The van der Waals surface area contributed by atoms with Crippen LogP contribution in [0.15, 0.2) is 72.8 Å². The molecule has 0 aliphatic heterocycles. The van der Waals surface area contributed by atoms with Gasteiger partial charge < -0.3 is 4.74 Å². The highest BCUT2D eigenvalue weighted by molar-refractivity contribution is 6.31.